The van der Waals surface area contributed by atoms with Crippen molar-refractivity contribution in [1.82, 2.24) is 4.98 Å². The van der Waals surface area contributed by atoms with E-state index in [4.69, 9.17) is 16.7 Å². The summed E-state index contributed by atoms with van der Waals surface area (Å²) in [5.74, 6) is -0.593. The minimum atomic E-state index is -1.06. The largest absolute Gasteiger partial charge is 0.478 e. The minimum absolute atomic E-state index is 0.0602. The molecule has 0 radical (unpaired) electrons. The molecule has 0 saturated carbocycles. The number of hydrogen-bond donors (Lipinski definition) is 1. The van der Waals surface area contributed by atoms with Gasteiger partial charge >= 0.3 is 5.97 Å². The van der Waals surface area contributed by atoms with Gasteiger partial charge in [0.1, 0.15) is 5.82 Å². The van der Waals surface area contributed by atoms with E-state index in [-0.39, 0.29) is 10.6 Å². The standard InChI is InChI=1S/C12H10BrClN2O2S/c1-16(5-7-4-9(13)19-6-7)11-10(14)8(12(17)18)2-3-15-11/h2-4,6H,5H2,1H3,(H,17,18). The molecule has 0 aromatic carbocycles. The Morgan fingerprint density at radius 2 is 2.37 bits per heavy atom. The molecule has 19 heavy (non-hydrogen) atoms. The van der Waals surface area contributed by atoms with Crippen LogP contribution in [0.25, 0.3) is 0 Å². The number of aromatic carboxylic acids is 1. The lowest BCUT2D eigenvalue weighted by atomic mass is 10.2. The van der Waals surface area contributed by atoms with E-state index in [0.29, 0.717) is 12.4 Å². The van der Waals surface area contributed by atoms with Crippen molar-refractivity contribution in [3.63, 3.8) is 0 Å². The van der Waals surface area contributed by atoms with Crippen molar-refractivity contribution in [3.05, 3.63) is 43.6 Å². The number of thiophene rings is 1. The third kappa shape index (κ3) is 3.26. The number of aromatic nitrogens is 1. The summed E-state index contributed by atoms with van der Waals surface area (Å²) in [5.41, 5.74) is 1.17. The van der Waals surface area contributed by atoms with Crippen LogP contribution in [0.4, 0.5) is 5.82 Å². The van der Waals surface area contributed by atoms with Crippen LogP contribution in [-0.2, 0) is 6.54 Å². The van der Waals surface area contributed by atoms with Crippen LogP contribution in [0.1, 0.15) is 15.9 Å². The van der Waals surface area contributed by atoms with Crippen molar-refractivity contribution in [2.75, 3.05) is 11.9 Å². The summed E-state index contributed by atoms with van der Waals surface area (Å²) >= 11 is 11.1. The highest BCUT2D eigenvalue weighted by Gasteiger charge is 2.16. The maximum Gasteiger partial charge on any atom is 0.337 e. The molecule has 0 aliphatic carbocycles. The van der Waals surface area contributed by atoms with Gasteiger partial charge in [-0.3, -0.25) is 0 Å². The summed E-state index contributed by atoms with van der Waals surface area (Å²) < 4.78 is 1.05. The van der Waals surface area contributed by atoms with Crippen LogP contribution in [0, 0.1) is 0 Å². The number of nitrogens with zero attached hydrogens (tertiary/aromatic N) is 2. The normalized spacial score (nSPS) is 10.5. The van der Waals surface area contributed by atoms with Gasteiger partial charge in [-0.25, -0.2) is 9.78 Å². The van der Waals surface area contributed by atoms with Crippen molar-refractivity contribution in [1.29, 1.82) is 0 Å². The lowest BCUT2D eigenvalue weighted by Gasteiger charge is -2.19. The van der Waals surface area contributed by atoms with Crippen LogP contribution < -0.4 is 4.90 Å². The Balaban J connectivity index is 2.26. The number of carboxylic acids is 1. The monoisotopic (exact) mass is 360 g/mol. The summed E-state index contributed by atoms with van der Waals surface area (Å²) in [6.45, 7) is 0.609. The van der Waals surface area contributed by atoms with E-state index >= 15 is 0 Å². The zero-order valence-corrected chi connectivity index (χ0v) is 13.1. The molecule has 0 amide bonds. The highest BCUT2D eigenvalue weighted by atomic mass is 79.9. The number of hydrogen-bond acceptors (Lipinski definition) is 4. The second kappa shape index (κ2) is 5.90. The van der Waals surface area contributed by atoms with Crippen LogP contribution >= 0.6 is 38.9 Å². The smallest absolute Gasteiger partial charge is 0.337 e. The molecule has 0 spiro atoms. The van der Waals surface area contributed by atoms with Crippen molar-refractivity contribution in [3.8, 4) is 0 Å². The first-order valence-electron chi connectivity index (χ1n) is 5.31. The second-order valence-corrected chi connectivity index (χ2v) is 6.58. The zero-order valence-electron chi connectivity index (χ0n) is 9.93. The number of anilines is 1. The van der Waals surface area contributed by atoms with Gasteiger partial charge in [0.15, 0.2) is 0 Å². The van der Waals surface area contributed by atoms with Gasteiger partial charge in [-0.15, -0.1) is 11.3 Å². The first kappa shape index (κ1) is 14.3. The molecule has 2 aromatic heterocycles. The van der Waals surface area contributed by atoms with Crippen LogP contribution in [0.15, 0.2) is 27.5 Å². The van der Waals surface area contributed by atoms with Crippen molar-refractivity contribution in [2.45, 2.75) is 6.54 Å². The Morgan fingerprint density at radius 1 is 1.63 bits per heavy atom. The van der Waals surface area contributed by atoms with Crippen molar-refractivity contribution < 1.29 is 9.90 Å². The highest BCUT2D eigenvalue weighted by Crippen LogP contribution is 2.28. The highest BCUT2D eigenvalue weighted by molar-refractivity contribution is 9.11. The molecule has 7 heteroatoms. The predicted molar refractivity (Wildman–Crippen MR) is 80.3 cm³/mol. The quantitative estimate of drug-likeness (QED) is 0.897. The van der Waals surface area contributed by atoms with Crippen LogP contribution in [-0.4, -0.2) is 23.1 Å². The number of rotatable bonds is 4. The molecule has 0 bridgehead atoms. The summed E-state index contributed by atoms with van der Waals surface area (Å²) in [4.78, 5) is 17.0. The van der Waals surface area contributed by atoms with Crippen LogP contribution in [0.2, 0.25) is 5.02 Å². The zero-order chi connectivity index (χ0) is 14.0. The third-order valence-corrected chi connectivity index (χ3v) is 4.43. The summed E-state index contributed by atoms with van der Waals surface area (Å²) in [6.07, 6.45) is 1.45. The topological polar surface area (TPSA) is 53.4 Å². The van der Waals surface area contributed by atoms with Gasteiger partial charge in [-0.1, -0.05) is 11.6 Å². The van der Waals surface area contributed by atoms with E-state index in [1.54, 1.807) is 11.3 Å². The maximum atomic E-state index is 11.0. The molecule has 0 saturated heterocycles. The van der Waals surface area contributed by atoms with Gasteiger partial charge in [0, 0.05) is 19.8 Å². The predicted octanol–water partition coefficient (Wildman–Crippen LogP) is 3.89. The van der Waals surface area contributed by atoms with E-state index in [0.717, 1.165) is 9.35 Å². The number of carbonyl (C=O) groups is 1. The lowest BCUT2D eigenvalue weighted by Crippen LogP contribution is -2.18. The van der Waals surface area contributed by atoms with E-state index < -0.39 is 5.97 Å². The molecule has 4 nitrogen and oxygen atoms in total. The van der Waals surface area contributed by atoms with Gasteiger partial charge in [0.05, 0.1) is 14.4 Å². The number of halogens is 2. The van der Waals surface area contributed by atoms with E-state index in [1.165, 1.54) is 12.3 Å². The molecule has 1 N–H and O–H groups in total. The molecule has 0 atom stereocenters. The van der Waals surface area contributed by atoms with Crippen molar-refractivity contribution >= 4 is 50.7 Å². The molecule has 2 rings (SSSR count). The summed E-state index contributed by atoms with van der Waals surface area (Å²) in [5, 5.41) is 11.2. The Hall–Kier alpha value is -1.11. The summed E-state index contributed by atoms with van der Waals surface area (Å²) in [7, 11) is 1.82. The Kier molecular flexibility index (Phi) is 4.44. The molecule has 0 aliphatic rings. The third-order valence-electron chi connectivity index (χ3n) is 2.50. The lowest BCUT2D eigenvalue weighted by molar-refractivity contribution is 0.0697. The van der Waals surface area contributed by atoms with E-state index in [9.17, 15) is 4.79 Å². The fraction of sp³-hybridized carbons (Fsp3) is 0.167. The molecule has 2 aromatic rings. The molecule has 0 aliphatic heterocycles. The molecular weight excluding hydrogens is 352 g/mol. The molecule has 100 valence electrons. The first-order chi connectivity index (χ1) is 8.99. The van der Waals surface area contributed by atoms with Gasteiger partial charge in [-0.2, -0.15) is 0 Å². The summed E-state index contributed by atoms with van der Waals surface area (Å²) in [6, 6.07) is 3.40. The molecule has 2 heterocycles. The van der Waals surface area contributed by atoms with Gasteiger partial charge in [0.25, 0.3) is 0 Å². The molecule has 0 fully saturated rings. The number of pyridine rings is 1. The van der Waals surface area contributed by atoms with Crippen LogP contribution in [0.5, 0.6) is 0 Å². The van der Waals surface area contributed by atoms with Crippen molar-refractivity contribution in [2.24, 2.45) is 0 Å². The Morgan fingerprint density at radius 3 is 2.95 bits per heavy atom. The van der Waals surface area contributed by atoms with Crippen LogP contribution in [0.3, 0.4) is 0 Å². The van der Waals surface area contributed by atoms with Gasteiger partial charge in [0.2, 0.25) is 0 Å². The van der Waals surface area contributed by atoms with E-state index in [2.05, 4.69) is 20.9 Å². The fourth-order valence-electron chi connectivity index (χ4n) is 1.64. The minimum Gasteiger partial charge on any atom is -0.478 e. The Labute approximate surface area is 127 Å². The first-order valence-corrected chi connectivity index (χ1v) is 7.36. The van der Waals surface area contributed by atoms with Gasteiger partial charge < -0.3 is 10.0 Å². The number of carboxylic acid groups (broad SMARTS) is 1. The maximum absolute atomic E-state index is 11.0. The molecular formula is C12H10BrClN2O2S. The fourth-order valence-corrected chi connectivity index (χ4v) is 3.18. The Bertz CT molecular complexity index is 618. The average molecular weight is 362 g/mol. The second-order valence-electron chi connectivity index (χ2n) is 3.92. The SMILES string of the molecule is CN(Cc1csc(Br)c1)c1nccc(C(=O)O)c1Cl. The average Bonchev–Trinajstić information content (AvgIpc) is 2.74. The van der Waals surface area contributed by atoms with Gasteiger partial charge in [-0.05, 0) is 39.0 Å². The van der Waals surface area contributed by atoms with E-state index in [1.807, 2.05) is 23.4 Å². The molecule has 0 unspecified atom stereocenters.